The van der Waals surface area contributed by atoms with Gasteiger partial charge in [-0.2, -0.15) is 5.48 Å². The Kier molecular flexibility index (Phi) is 3.02. The molecule has 1 aliphatic rings. The molecule has 0 spiro atoms. The summed E-state index contributed by atoms with van der Waals surface area (Å²) in [5, 5.41) is 18.6. The van der Waals surface area contributed by atoms with Gasteiger partial charge in [0.15, 0.2) is 0 Å². The molecule has 0 radical (unpaired) electrons. The van der Waals surface area contributed by atoms with Crippen LogP contribution in [0.1, 0.15) is 41.8 Å². The van der Waals surface area contributed by atoms with E-state index >= 15 is 0 Å². The van der Waals surface area contributed by atoms with E-state index in [0.717, 1.165) is 36.0 Å². The van der Waals surface area contributed by atoms with Gasteiger partial charge >= 0.3 is 0 Å². The average Bonchev–Trinajstić information content (AvgIpc) is 2.28. The molecule has 15 heavy (non-hydrogen) atoms. The monoisotopic (exact) mass is 208 g/mol. The van der Waals surface area contributed by atoms with E-state index in [2.05, 4.69) is 0 Å². The molecule has 1 aromatic rings. The minimum atomic E-state index is -0.578. The number of nitrogens with one attached hydrogen (secondary N) is 1. The summed E-state index contributed by atoms with van der Waals surface area (Å²) in [7, 11) is 0. The topological polar surface area (TPSA) is 78.5 Å². The van der Waals surface area contributed by atoms with E-state index in [1.165, 1.54) is 0 Å². The van der Waals surface area contributed by atoms with Crippen LogP contribution in [0.25, 0.3) is 0 Å². The molecule has 0 saturated heterocycles. The summed E-state index contributed by atoms with van der Waals surface area (Å²) in [4.78, 5) is 0. The van der Waals surface area contributed by atoms with Crippen molar-refractivity contribution < 1.29 is 10.3 Å². The molecule has 0 saturated carbocycles. The van der Waals surface area contributed by atoms with Gasteiger partial charge in [0.1, 0.15) is 6.17 Å². The fourth-order valence-corrected chi connectivity index (χ4v) is 2.21. The van der Waals surface area contributed by atoms with Crippen LogP contribution in [0.3, 0.4) is 0 Å². The molecule has 0 bridgehead atoms. The molecule has 0 heterocycles. The van der Waals surface area contributed by atoms with Crippen LogP contribution in [-0.4, -0.2) is 10.3 Å². The number of aliphatic hydroxyl groups excluding tert-OH is 1. The summed E-state index contributed by atoms with van der Waals surface area (Å²) in [5.74, 6) is 0. The number of rotatable bonds is 2. The van der Waals surface area contributed by atoms with Crippen LogP contribution in [0.4, 0.5) is 0 Å². The summed E-state index contributed by atoms with van der Waals surface area (Å²) in [6.45, 7) is 0. The lowest BCUT2D eigenvalue weighted by molar-refractivity contribution is 0.126. The second kappa shape index (κ2) is 4.28. The fourth-order valence-electron chi connectivity index (χ4n) is 2.21. The number of hydroxylamine groups is 1. The van der Waals surface area contributed by atoms with Crippen molar-refractivity contribution in [1.82, 2.24) is 5.48 Å². The van der Waals surface area contributed by atoms with E-state index in [0.29, 0.717) is 0 Å². The van der Waals surface area contributed by atoms with Crippen LogP contribution in [0.5, 0.6) is 0 Å². The van der Waals surface area contributed by atoms with Gasteiger partial charge in [-0.1, -0.05) is 18.2 Å². The number of nitrogens with two attached hydrogens (primary N) is 1. The number of fused-ring (bicyclic) bond motifs is 1. The van der Waals surface area contributed by atoms with Crippen LogP contribution in [-0.2, 0) is 6.42 Å². The molecule has 0 fully saturated rings. The van der Waals surface area contributed by atoms with Crippen LogP contribution in [0, 0.1) is 0 Å². The molecule has 4 heteroatoms. The van der Waals surface area contributed by atoms with E-state index in [4.69, 9.17) is 10.9 Å². The molecule has 0 aliphatic heterocycles. The van der Waals surface area contributed by atoms with Crippen molar-refractivity contribution in [2.24, 2.45) is 5.73 Å². The molecule has 1 aliphatic carbocycles. The van der Waals surface area contributed by atoms with Crippen molar-refractivity contribution in [1.29, 1.82) is 0 Å². The highest BCUT2D eigenvalue weighted by atomic mass is 16.5. The molecular formula is C11H16N2O2. The quantitative estimate of drug-likeness (QED) is 0.432. The lowest BCUT2D eigenvalue weighted by atomic mass is 9.86. The molecule has 1 aromatic carbocycles. The molecule has 2 rings (SSSR count). The summed E-state index contributed by atoms with van der Waals surface area (Å²) < 4.78 is 0. The highest BCUT2D eigenvalue weighted by molar-refractivity contribution is 5.39. The molecule has 1 unspecified atom stereocenters. The molecule has 0 aromatic heterocycles. The first-order valence-electron chi connectivity index (χ1n) is 5.19. The van der Waals surface area contributed by atoms with Crippen molar-refractivity contribution in [2.75, 3.05) is 0 Å². The maximum atomic E-state index is 9.82. The summed E-state index contributed by atoms with van der Waals surface area (Å²) in [5.41, 5.74) is 10.7. The van der Waals surface area contributed by atoms with Crippen LogP contribution in [0.15, 0.2) is 18.2 Å². The maximum Gasteiger partial charge on any atom is 0.104 e. The Labute approximate surface area is 88.7 Å². The highest BCUT2D eigenvalue weighted by Crippen LogP contribution is 2.32. The summed E-state index contributed by atoms with van der Waals surface area (Å²) >= 11 is 0. The Morgan fingerprint density at radius 2 is 2.27 bits per heavy atom. The van der Waals surface area contributed by atoms with E-state index in [-0.39, 0.29) is 6.10 Å². The maximum absolute atomic E-state index is 9.82. The van der Waals surface area contributed by atoms with E-state index in [1.807, 2.05) is 23.7 Å². The van der Waals surface area contributed by atoms with E-state index < -0.39 is 6.17 Å². The fraction of sp³-hybridized carbons (Fsp3) is 0.455. The SMILES string of the molecule is NC(NO)c1cccc2c1CCC[C@H]2O. The van der Waals surface area contributed by atoms with Crippen molar-refractivity contribution in [3.8, 4) is 0 Å². The third-order valence-corrected chi connectivity index (χ3v) is 2.99. The molecular weight excluding hydrogens is 192 g/mol. The predicted molar refractivity (Wildman–Crippen MR) is 56.2 cm³/mol. The Morgan fingerprint density at radius 3 is 3.00 bits per heavy atom. The zero-order valence-electron chi connectivity index (χ0n) is 8.48. The molecule has 0 amide bonds. The molecule has 82 valence electrons. The first kappa shape index (κ1) is 10.6. The first-order chi connectivity index (χ1) is 7.24. The van der Waals surface area contributed by atoms with Gasteiger partial charge in [-0.3, -0.25) is 0 Å². The number of benzene rings is 1. The number of aliphatic hydroxyl groups is 1. The lowest BCUT2D eigenvalue weighted by Crippen LogP contribution is -2.27. The second-order valence-electron chi connectivity index (χ2n) is 3.93. The largest absolute Gasteiger partial charge is 0.388 e. The molecule has 2 atom stereocenters. The van der Waals surface area contributed by atoms with Crippen LogP contribution >= 0.6 is 0 Å². The highest BCUT2D eigenvalue weighted by Gasteiger charge is 2.21. The average molecular weight is 208 g/mol. The standard InChI is InChI=1S/C11H16N2O2/c12-11(13-15)9-5-1-4-8-7(9)3-2-6-10(8)14/h1,4-5,10-11,13-15H,2-3,6,12H2/t10-,11?/m1/s1. The number of hydrogen-bond donors (Lipinski definition) is 4. The van der Waals surface area contributed by atoms with Crippen molar-refractivity contribution >= 4 is 0 Å². The van der Waals surface area contributed by atoms with Gasteiger partial charge in [-0.05, 0) is 36.0 Å². The van der Waals surface area contributed by atoms with Gasteiger partial charge in [-0.25, -0.2) is 0 Å². The third-order valence-electron chi connectivity index (χ3n) is 2.99. The normalized spacial score (nSPS) is 22.2. The smallest absolute Gasteiger partial charge is 0.104 e. The van der Waals surface area contributed by atoms with E-state index in [1.54, 1.807) is 0 Å². The van der Waals surface area contributed by atoms with Crippen molar-refractivity contribution in [3.63, 3.8) is 0 Å². The predicted octanol–water partition coefficient (Wildman–Crippen LogP) is 0.992. The first-order valence-corrected chi connectivity index (χ1v) is 5.19. The van der Waals surface area contributed by atoms with Gasteiger partial charge in [-0.15, -0.1) is 0 Å². The third kappa shape index (κ3) is 1.89. The Bertz CT molecular complexity index is 354. The minimum absolute atomic E-state index is 0.389. The minimum Gasteiger partial charge on any atom is -0.388 e. The van der Waals surface area contributed by atoms with Crippen molar-refractivity contribution in [3.05, 3.63) is 34.9 Å². The zero-order valence-corrected chi connectivity index (χ0v) is 8.48. The summed E-state index contributed by atoms with van der Waals surface area (Å²) in [6, 6.07) is 5.66. The Hall–Kier alpha value is -0.940. The van der Waals surface area contributed by atoms with Gasteiger partial charge in [0.2, 0.25) is 0 Å². The summed E-state index contributed by atoms with van der Waals surface area (Å²) in [6.07, 6.45) is 1.71. The van der Waals surface area contributed by atoms with Gasteiger partial charge in [0, 0.05) is 0 Å². The van der Waals surface area contributed by atoms with Crippen molar-refractivity contribution in [2.45, 2.75) is 31.5 Å². The molecule has 5 N–H and O–H groups in total. The second-order valence-corrected chi connectivity index (χ2v) is 3.93. The van der Waals surface area contributed by atoms with E-state index in [9.17, 15) is 5.11 Å². The lowest BCUT2D eigenvalue weighted by Gasteiger charge is -2.25. The Morgan fingerprint density at radius 1 is 1.47 bits per heavy atom. The van der Waals surface area contributed by atoms with Gasteiger partial charge in [0.25, 0.3) is 0 Å². The van der Waals surface area contributed by atoms with Gasteiger partial charge < -0.3 is 16.0 Å². The van der Waals surface area contributed by atoms with Crippen LogP contribution in [0.2, 0.25) is 0 Å². The Balaban J connectivity index is 2.44. The number of hydrogen-bond acceptors (Lipinski definition) is 4. The molecule has 4 nitrogen and oxygen atoms in total. The van der Waals surface area contributed by atoms with Gasteiger partial charge in [0.05, 0.1) is 6.10 Å². The zero-order chi connectivity index (χ0) is 10.8. The van der Waals surface area contributed by atoms with Crippen LogP contribution < -0.4 is 11.2 Å².